The van der Waals surface area contributed by atoms with Crippen molar-refractivity contribution in [1.82, 2.24) is 4.72 Å². The summed E-state index contributed by atoms with van der Waals surface area (Å²) < 4.78 is 64.7. The highest BCUT2D eigenvalue weighted by Gasteiger charge is 2.35. The number of sulfonamides is 1. The van der Waals surface area contributed by atoms with Crippen molar-refractivity contribution in [2.24, 2.45) is 0 Å². The monoisotopic (exact) mass is 329 g/mol. The maximum atomic E-state index is 12.7. The molecule has 20 heavy (non-hydrogen) atoms. The van der Waals surface area contributed by atoms with Crippen LogP contribution in [0, 0.1) is 0 Å². The largest absolute Gasteiger partial charge is 0.417 e. The van der Waals surface area contributed by atoms with Crippen LogP contribution in [0.1, 0.15) is 32.8 Å². The van der Waals surface area contributed by atoms with Gasteiger partial charge < -0.3 is 0 Å². The van der Waals surface area contributed by atoms with Crippen molar-refractivity contribution >= 4 is 21.6 Å². The highest BCUT2D eigenvalue weighted by Crippen LogP contribution is 2.36. The predicted octanol–water partition coefficient (Wildman–Crippen LogP) is 3.83. The first kappa shape index (κ1) is 17.3. The third-order valence-electron chi connectivity index (χ3n) is 2.85. The van der Waals surface area contributed by atoms with Crippen LogP contribution in [0.25, 0.3) is 0 Å². The molecule has 1 aromatic carbocycles. The van der Waals surface area contributed by atoms with Crippen LogP contribution in [0.15, 0.2) is 23.1 Å². The number of halogens is 4. The summed E-state index contributed by atoms with van der Waals surface area (Å²) in [6.45, 7) is 5.06. The fourth-order valence-corrected chi connectivity index (χ4v) is 3.12. The lowest BCUT2D eigenvalue weighted by molar-refractivity contribution is -0.137. The molecule has 8 heteroatoms. The molecule has 3 nitrogen and oxygen atoms in total. The minimum absolute atomic E-state index is 0.462. The van der Waals surface area contributed by atoms with Crippen molar-refractivity contribution < 1.29 is 21.6 Å². The van der Waals surface area contributed by atoms with Gasteiger partial charge in [0, 0.05) is 5.54 Å². The quantitative estimate of drug-likeness (QED) is 0.912. The van der Waals surface area contributed by atoms with Gasteiger partial charge in [0.05, 0.1) is 15.5 Å². The fraction of sp³-hybridized carbons (Fsp3) is 0.500. The minimum atomic E-state index is -4.71. The van der Waals surface area contributed by atoms with E-state index in [1.165, 1.54) is 0 Å². The second-order valence-electron chi connectivity index (χ2n) is 4.98. The molecule has 0 radical (unpaired) electrons. The van der Waals surface area contributed by atoms with Gasteiger partial charge in [0.15, 0.2) is 0 Å². The van der Waals surface area contributed by atoms with Crippen LogP contribution in [0.5, 0.6) is 0 Å². The van der Waals surface area contributed by atoms with Crippen molar-refractivity contribution in [1.29, 1.82) is 0 Å². The van der Waals surface area contributed by atoms with Crippen LogP contribution in [0.4, 0.5) is 13.2 Å². The van der Waals surface area contributed by atoms with Gasteiger partial charge in [-0.2, -0.15) is 13.2 Å². The molecule has 0 bridgehead atoms. The maximum absolute atomic E-state index is 12.7. The van der Waals surface area contributed by atoms with E-state index in [0.29, 0.717) is 12.5 Å². The Kier molecular flexibility index (Phi) is 4.78. The molecule has 1 aromatic rings. The van der Waals surface area contributed by atoms with E-state index < -0.39 is 37.2 Å². The topological polar surface area (TPSA) is 46.2 Å². The Labute approximate surface area is 121 Å². The standard InChI is InChI=1S/C12H15ClF3NO2S/c1-4-11(2,3)17-20(18,19)8-5-6-10(13)9(7-8)12(14,15)16/h5-7,17H,4H2,1-3H3. The number of alkyl halides is 3. The molecule has 0 saturated heterocycles. The molecule has 0 aliphatic rings. The zero-order valence-corrected chi connectivity index (χ0v) is 12.7. The zero-order valence-electron chi connectivity index (χ0n) is 11.2. The molecule has 1 N–H and O–H groups in total. The number of hydrogen-bond acceptors (Lipinski definition) is 2. The molecule has 0 aliphatic heterocycles. The predicted molar refractivity (Wildman–Crippen MR) is 71.1 cm³/mol. The summed E-state index contributed by atoms with van der Waals surface area (Å²) in [6.07, 6.45) is -4.21. The summed E-state index contributed by atoms with van der Waals surface area (Å²) in [5, 5.41) is -0.536. The van der Waals surface area contributed by atoms with E-state index in [2.05, 4.69) is 4.72 Å². The van der Waals surface area contributed by atoms with Gasteiger partial charge in [-0.1, -0.05) is 18.5 Å². The molecule has 0 heterocycles. The molecule has 0 saturated carbocycles. The van der Waals surface area contributed by atoms with E-state index in [1.54, 1.807) is 20.8 Å². The van der Waals surface area contributed by atoms with Gasteiger partial charge in [-0.25, -0.2) is 13.1 Å². The average molecular weight is 330 g/mol. The van der Waals surface area contributed by atoms with Crippen LogP contribution in [-0.2, 0) is 16.2 Å². The molecule has 0 spiro atoms. The van der Waals surface area contributed by atoms with Crippen LogP contribution in [0.3, 0.4) is 0 Å². The molecule has 114 valence electrons. The van der Waals surface area contributed by atoms with E-state index in [-0.39, 0.29) is 0 Å². The Morgan fingerprint density at radius 2 is 1.80 bits per heavy atom. The molecular weight excluding hydrogens is 315 g/mol. The maximum Gasteiger partial charge on any atom is 0.417 e. The van der Waals surface area contributed by atoms with Crippen LogP contribution in [-0.4, -0.2) is 14.0 Å². The molecule has 0 aromatic heterocycles. The highest BCUT2D eigenvalue weighted by atomic mass is 35.5. The summed E-state index contributed by atoms with van der Waals surface area (Å²) in [7, 11) is -4.04. The molecule has 1 rings (SSSR count). The van der Waals surface area contributed by atoms with Crippen molar-refractivity contribution in [3.05, 3.63) is 28.8 Å². The fourth-order valence-electron chi connectivity index (χ4n) is 1.38. The Morgan fingerprint density at radius 3 is 2.25 bits per heavy atom. The van der Waals surface area contributed by atoms with Crippen LogP contribution >= 0.6 is 11.6 Å². The van der Waals surface area contributed by atoms with Crippen LogP contribution < -0.4 is 4.72 Å². The van der Waals surface area contributed by atoms with Crippen molar-refractivity contribution in [2.75, 3.05) is 0 Å². The zero-order chi connectivity index (χ0) is 15.8. The Hall–Kier alpha value is -0.790. The van der Waals surface area contributed by atoms with E-state index in [4.69, 9.17) is 11.6 Å². The van der Waals surface area contributed by atoms with E-state index in [0.717, 1.165) is 12.1 Å². The van der Waals surface area contributed by atoms with E-state index in [1.807, 2.05) is 0 Å². The first-order chi connectivity index (χ1) is 8.89. The molecule has 0 amide bonds. The van der Waals surface area contributed by atoms with Gasteiger partial charge in [0.1, 0.15) is 0 Å². The normalized spacial score (nSPS) is 13.6. The van der Waals surface area contributed by atoms with Crippen LogP contribution in [0.2, 0.25) is 5.02 Å². The summed E-state index contributed by atoms with van der Waals surface area (Å²) in [5.74, 6) is 0. The molecule has 0 fully saturated rings. The Balaban J connectivity index is 3.28. The Bertz CT molecular complexity index is 597. The number of nitrogens with one attached hydrogen (secondary N) is 1. The lowest BCUT2D eigenvalue weighted by Crippen LogP contribution is -2.42. The van der Waals surface area contributed by atoms with Gasteiger partial charge in [-0.3, -0.25) is 0 Å². The smallest absolute Gasteiger partial charge is 0.207 e. The summed E-state index contributed by atoms with van der Waals surface area (Å²) >= 11 is 5.46. The highest BCUT2D eigenvalue weighted by molar-refractivity contribution is 7.89. The summed E-state index contributed by atoms with van der Waals surface area (Å²) in [4.78, 5) is -0.462. The Morgan fingerprint density at radius 1 is 1.25 bits per heavy atom. The van der Waals surface area contributed by atoms with Crippen molar-refractivity contribution in [2.45, 2.75) is 43.8 Å². The molecule has 0 unspecified atom stereocenters. The second-order valence-corrected chi connectivity index (χ2v) is 7.07. The molecular formula is C12H15ClF3NO2S. The van der Waals surface area contributed by atoms with Gasteiger partial charge in [0.2, 0.25) is 10.0 Å². The molecule has 0 atom stereocenters. The van der Waals surface area contributed by atoms with Crippen molar-refractivity contribution in [3.8, 4) is 0 Å². The minimum Gasteiger partial charge on any atom is -0.207 e. The number of benzene rings is 1. The van der Waals surface area contributed by atoms with Gasteiger partial charge in [-0.15, -0.1) is 0 Å². The first-order valence-electron chi connectivity index (χ1n) is 5.80. The number of hydrogen-bond donors (Lipinski definition) is 1. The van der Waals surface area contributed by atoms with Crippen molar-refractivity contribution in [3.63, 3.8) is 0 Å². The van der Waals surface area contributed by atoms with Gasteiger partial charge in [0.25, 0.3) is 0 Å². The summed E-state index contributed by atoms with van der Waals surface area (Å²) in [6, 6.07) is 2.51. The third-order valence-corrected chi connectivity index (χ3v) is 4.87. The van der Waals surface area contributed by atoms with E-state index in [9.17, 15) is 21.6 Å². The first-order valence-corrected chi connectivity index (χ1v) is 7.66. The second kappa shape index (κ2) is 5.54. The van der Waals surface area contributed by atoms with Gasteiger partial charge >= 0.3 is 6.18 Å². The van der Waals surface area contributed by atoms with Gasteiger partial charge in [-0.05, 0) is 38.5 Å². The third kappa shape index (κ3) is 4.10. The number of rotatable bonds is 4. The van der Waals surface area contributed by atoms with E-state index >= 15 is 0 Å². The SMILES string of the molecule is CCC(C)(C)NS(=O)(=O)c1ccc(Cl)c(C(F)(F)F)c1. The lowest BCUT2D eigenvalue weighted by Gasteiger charge is -2.24. The lowest BCUT2D eigenvalue weighted by atomic mass is 10.0. The molecule has 0 aliphatic carbocycles. The summed E-state index contributed by atoms with van der Waals surface area (Å²) in [5.41, 5.74) is -1.92. The average Bonchev–Trinajstić information content (AvgIpc) is 2.26.